The first kappa shape index (κ1) is 22.5. The maximum absolute atomic E-state index is 4.33. The molecule has 0 amide bonds. The zero-order chi connectivity index (χ0) is 25.3. The Balaban J connectivity index is 1.35. The number of aromatic nitrogens is 1. The highest BCUT2D eigenvalue weighted by molar-refractivity contribution is 7.25. The van der Waals surface area contributed by atoms with Crippen molar-refractivity contribution < 1.29 is 0 Å². The molecule has 2 nitrogen and oxygen atoms in total. The number of hydrogen-bond acceptors (Lipinski definition) is 3. The van der Waals surface area contributed by atoms with Gasteiger partial charge in [0.05, 0.1) is 4.70 Å². The minimum Gasteiger partial charge on any atom is -0.310 e. The second-order valence-electron chi connectivity index (χ2n) is 9.32. The fourth-order valence-corrected chi connectivity index (χ4v) is 6.13. The molecule has 2 aromatic heterocycles. The van der Waals surface area contributed by atoms with Crippen molar-refractivity contribution in [3.8, 4) is 22.3 Å². The van der Waals surface area contributed by atoms with Crippen molar-refractivity contribution in [2.45, 2.75) is 0 Å². The lowest BCUT2D eigenvalue weighted by atomic mass is 10.0. The highest BCUT2D eigenvalue weighted by Crippen LogP contribution is 2.41. The molecule has 7 rings (SSSR count). The molecule has 0 bridgehead atoms. The van der Waals surface area contributed by atoms with E-state index in [1.807, 2.05) is 12.4 Å². The van der Waals surface area contributed by atoms with Crippen molar-refractivity contribution in [3.63, 3.8) is 0 Å². The molecule has 5 aromatic carbocycles. The van der Waals surface area contributed by atoms with Crippen LogP contribution >= 0.6 is 11.3 Å². The summed E-state index contributed by atoms with van der Waals surface area (Å²) in [5, 5.41) is 2.51. The fourth-order valence-electron chi connectivity index (χ4n) is 5.07. The molecule has 0 atom stereocenters. The average Bonchev–Trinajstić information content (AvgIpc) is 3.37. The van der Waals surface area contributed by atoms with Crippen molar-refractivity contribution in [1.29, 1.82) is 0 Å². The van der Waals surface area contributed by atoms with E-state index in [-0.39, 0.29) is 0 Å². The smallest absolute Gasteiger partial charge is 0.0538 e. The van der Waals surface area contributed by atoms with Crippen LogP contribution in [0.15, 0.2) is 146 Å². The largest absolute Gasteiger partial charge is 0.310 e. The number of anilines is 3. The number of hydrogen-bond donors (Lipinski definition) is 0. The molecule has 0 fully saturated rings. The number of rotatable bonds is 5. The predicted molar refractivity (Wildman–Crippen MR) is 163 cm³/mol. The van der Waals surface area contributed by atoms with Crippen LogP contribution < -0.4 is 4.90 Å². The molecule has 0 aliphatic heterocycles. The molecule has 0 unspecified atom stereocenters. The summed E-state index contributed by atoms with van der Waals surface area (Å²) >= 11 is 1.79. The Labute approximate surface area is 226 Å². The Bertz CT molecular complexity index is 1760. The van der Waals surface area contributed by atoms with Gasteiger partial charge in [0.2, 0.25) is 0 Å². The SMILES string of the molecule is c1ccc(-c2ccc(N(c3ccc(-c4ccccc4)cc3)c3ccc4sc5cnccc5c4c3)cc2)cc1. The molecule has 0 aliphatic carbocycles. The highest BCUT2D eigenvalue weighted by Gasteiger charge is 2.15. The second kappa shape index (κ2) is 9.62. The topological polar surface area (TPSA) is 16.1 Å². The van der Waals surface area contributed by atoms with Gasteiger partial charge in [0.1, 0.15) is 0 Å². The maximum atomic E-state index is 4.33. The molecule has 0 saturated carbocycles. The summed E-state index contributed by atoms with van der Waals surface area (Å²) in [5.74, 6) is 0. The van der Waals surface area contributed by atoms with Gasteiger partial charge in [-0.2, -0.15) is 0 Å². The third-order valence-electron chi connectivity index (χ3n) is 6.98. The van der Waals surface area contributed by atoms with E-state index in [9.17, 15) is 0 Å². The molecular formula is C35H24N2S. The fraction of sp³-hybridized carbons (Fsp3) is 0. The predicted octanol–water partition coefficient (Wildman–Crippen LogP) is 10.3. The molecule has 0 saturated heterocycles. The Morgan fingerprint density at radius 3 is 1.55 bits per heavy atom. The van der Waals surface area contributed by atoms with Crippen molar-refractivity contribution in [1.82, 2.24) is 4.98 Å². The van der Waals surface area contributed by atoms with E-state index in [0.29, 0.717) is 0 Å². The van der Waals surface area contributed by atoms with Crippen LogP contribution in [0, 0.1) is 0 Å². The normalized spacial score (nSPS) is 11.2. The lowest BCUT2D eigenvalue weighted by molar-refractivity contribution is 1.29. The van der Waals surface area contributed by atoms with Crippen molar-refractivity contribution in [3.05, 3.63) is 146 Å². The van der Waals surface area contributed by atoms with E-state index in [4.69, 9.17) is 0 Å². The number of pyridine rings is 1. The Morgan fingerprint density at radius 2 is 0.974 bits per heavy atom. The van der Waals surface area contributed by atoms with Crippen LogP contribution in [0.25, 0.3) is 42.4 Å². The molecule has 38 heavy (non-hydrogen) atoms. The van der Waals surface area contributed by atoms with Crippen LogP contribution in [0.1, 0.15) is 0 Å². The van der Waals surface area contributed by atoms with E-state index in [2.05, 4.69) is 143 Å². The standard InChI is InChI=1S/C35H24N2S/c1-3-7-25(8-4-1)27-11-15-29(16-12-27)37(30-17-13-28(14-18-30)26-9-5-2-6-10-26)31-19-20-34-33(23-31)32-21-22-36-24-35(32)38-34/h1-24H. The van der Waals surface area contributed by atoms with E-state index >= 15 is 0 Å². The average molecular weight is 505 g/mol. The van der Waals surface area contributed by atoms with Gasteiger partial charge in [0, 0.05) is 44.9 Å². The molecule has 0 spiro atoms. The Hall–Kier alpha value is -4.73. The molecule has 0 N–H and O–H groups in total. The van der Waals surface area contributed by atoms with Gasteiger partial charge in [-0.3, -0.25) is 4.98 Å². The number of nitrogens with zero attached hydrogens (tertiary/aromatic N) is 2. The lowest BCUT2D eigenvalue weighted by Gasteiger charge is -2.26. The first-order valence-electron chi connectivity index (χ1n) is 12.7. The number of thiophene rings is 1. The molecule has 0 radical (unpaired) electrons. The Kier molecular flexibility index (Phi) is 5.69. The van der Waals surface area contributed by atoms with Crippen molar-refractivity contribution in [2.24, 2.45) is 0 Å². The number of fused-ring (bicyclic) bond motifs is 3. The van der Waals surface area contributed by atoms with Gasteiger partial charge in [-0.15, -0.1) is 11.3 Å². The summed E-state index contributed by atoms with van der Waals surface area (Å²) in [7, 11) is 0. The quantitative estimate of drug-likeness (QED) is 0.232. The minimum atomic E-state index is 1.12. The Morgan fingerprint density at radius 1 is 0.447 bits per heavy atom. The molecule has 3 heteroatoms. The van der Waals surface area contributed by atoms with Gasteiger partial charge in [0.25, 0.3) is 0 Å². The summed E-state index contributed by atoms with van der Waals surface area (Å²) in [6.07, 6.45) is 3.84. The summed E-state index contributed by atoms with van der Waals surface area (Å²) in [5.41, 5.74) is 8.24. The van der Waals surface area contributed by atoms with Crippen LogP contribution in [0.2, 0.25) is 0 Å². The van der Waals surface area contributed by atoms with Crippen LogP contribution in [-0.4, -0.2) is 4.98 Å². The first-order valence-corrected chi connectivity index (χ1v) is 13.5. The number of benzene rings is 5. The first-order chi connectivity index (χ1) is 18.8. The van der Waals surface area contributed by atoms with Crippen LogP contribution in [0.5, 0.6) is 0 Å². The van der Waals surface area contributed by atoms with Gasteiger partial charge < -0.3 is 4.90 Å². The third kappa shape index (κ3) is 4.13. The zero-order valence-corrected chi connectivity index (χ0v) is 21.5. The van der Waals surface area contributed by atoms with Gasteiger partial charge in [-0.05, 0) is 70.8 Å². The van der Waals surface area contributed by atoms with Gasteiger partial charge in [-0.1, -0.05) is 84.9 Å². The van der Waals surface area contributed by atoms with Crippen molar-refractivity contribution >= 4 is 48.6 Å². The third-order valence-corrected chi connectivity index (χ3v) is 8.10. The molecule has 0 aliphatic rings. The van der Waals surface area contributed by atoms with E-state index in [0.717, 1.165) is 17.1 Å². The van der Waals surface area contributed by atoms with Crippen LogP contribution in [-0.2, 0) is 0 Å². The summed E-state index contributed by atoms with van der Waals surface area (Å²) in [4.78, 5) is 6.67. The van der Waals surface area contributed by atoms with E-state index in [1.165, 1.54) is 42.4 Å². The summed E-state index contributed by atoms with van der Waals surface area (Å²) in [6, 6.07) is 47.6. The van der Waals surface area contributed by atoms with E-state index in [1.54, 1.807) is 11.3 Å². The molecule has 180 valence electrons. The summed E-state index contributed by atoms with van der Waals surface area (Å²) in [6.45, 7) is 0. The zero-order valence-electron chi connectivity index (χ0n) is 20.7. The maximum Gasteiger partial charge on any atom is 0.0538 e. The van der Waals surface area contributed by atoms with Gasteiger partial charge in [-0.25, -0.2) is 0 Å². The van der Waals surface area contributed by atoms with E-state index < -0.39 is 0 Å². The lowest BCUT2D eigenvalue weighted by Crippen LogP contribution is -2.09. The van der Waals surface area contributed by atoms with Crippen LogP contribution in [0.3, 0.4) is 0 Å². The molecule has 7 aromatic rings. The van der Waals surface area contributed by atoms with Crippen molar-refractivity contribution in [2.75, 3.05) is 4.90 Å². The van der Waals surface area contributed by atoms with Gasteiger partial charge in [0.15, 0.2) is 0 Å². The highest BCUT2D eigenvalue weighted by atomic mass is 32.1. The minimum absolute atomic E-state index is 1.12. The monoisotopic (exact) mass is 504 g/mol. The summed E-state index contributed by atoms with van der Waals surface area (Å²) < 4.78 is 2.49. The van der Waals surface area contributed by atoms with Crippen LogP contribution in [0.4, 0.5) is 17.1 Å². The van der Waals surface area contributed by atoms with Gasteiger partial charge >= 0.3 is 0 Å². The second-order valence-corrected chi connectivity index (χ2v) is 10.4. The molecular weight excluding hydrogens is 480 g/mol. The molecule has 2 heterocycles.